The Morgan fingerprint density at radius 1 is 1.09 bits per heavy atom. The van der Waals surface area contributed by atoms with Crippen LogP contribution in [-0.2, 0) is 6.54 Å². The largest absolute Gasteiger partial charge is 0.497 e. The molecule has 8 nitrogen and oxygen atoms in total. The topological polar surface area (TPSA) is 93.7 Å². The quantitative estimate of drug-likeness (QED) is 0.210. The summed E-state index contributed by atoms with van der Waals surface area (Å²) < 4.78 is 11.5. The average molecular weight is 487 g/mol. The smallest absolute Gasteiger partial charge is 0.280 e. The number of benzene rings is 2. The van der Waals surface area contributed by atoms with Gasteiger partial charge in [-0.3, -0.25) is 15.1 Å². The van der Waals surface area contributed by atoms with Gasteiger partial charge in [-0.15, -0.1) is 0 Å². The van der Waals surface area contributed by atoms with E-state index < -0.39 is 4.92 Å². The molecule has 1 fully saturated rings. The van der Waals surface area contributed by atoms with Gasteiger partial charge in [0.05, 0.1) is 29.3 Å². The molecule has 0 saturated carbocycles. The third-order valence-electron chi connectivity index (χ3n) is 5.99. The van der Waals surface area contributed by atoms with Gasteiger partial charge in [-0.2, -0.15) is 0 Å². The van der Waals surface area contributed by atoms with Crippen LogP contribution in [0.4, 0.5) is 5.69 Å². The van der Waals surface area contributed by atoms with Crippen molar-refractivity contribution in [2.24, 2.45) is 0 Å². The zero-order chi connectivity index (χ0) is 24.4. The van der Waals surface area contributed by atoms with Crippen LogP contribution in [0.5, 0.6) is 5.75 Å². The fraction of sp³-hybridized carbons (Fsp3) is 0.154. The van der Waals surface area contributed by atoms with E-state index in [9.17, 15) is 10.1 Å². The van der Waals surface area contributed by atoms with Crippen LogP contribution in [0, 0.1) is 10.1 Å². The summed E-state index contributed by atoms with van der Waals surface area (Å²) in [6.07, 6.45) is 1.74. The molecule has 0 amide bonds. The molecule has 1 aliphatic heterocycles. The Hall–Kier alpha value is -4.24. The number of hydrogen-bond donors (Lipinski definition) is 1. The number of thiocarbonyl (C=S) groups is 1. The maximum Gasteiger partial charge on any atom is 0.280 e. The van der Waals surface area contributed by atoms with Gasteiger partial charge in [0.25, 0.3) is 5.69 Å². The Morgan fingerprint density at radius 2 is 1.86 bits per heavy atom. The number of nitro groups is 1. The number of hydrogen-bond acceptors (Lipinski definition) is 6. The second-order valence-corrected chi connectivity index (χ2v) is 8.47. The number of nitrogens with zero attached hydrogens (tertiary/aromatic N) is 3. The molecule has 1 aliphatic rings. The predicted molar refractivity (Wildman–Crippen MR) is 135 cm³/mol. The van der Waals surface area contributed by atoms with Crippen LogP contribution in [0.3, 0.4) is 0 Å². The lowest BCUT2D eigenvalue weighted by molar-refractivity contribution is -0.384. The molecule has 4 aromatic rings. The Labute approximate surface area is 207 Å². The summed E-state index contributed by atoms with van der Waals surface area (Å²) in [7, 11) is 1.63. The summed E-state index contributed by atoms with van der Waals surface area (Å²) in [6.45, 7) is 0.533. The molecule has 0 unspecified atom stereocenters. The van der Waals surface area contributed by atoms with E-state index in [2.05, 4.69) is 15.2 Å². The van der Waals surface area contributed by atoms with Gasteiger partial charge in [0.1, 0.15) is 23.3 Å². The summed E-state index contributed by atoms with van der Waals surface area (Å²) in [6, 6.07) is 23.1. The summed E-state index contributed by atoms with van der Waals surface area (Å²) in [5.74, 6) is 1.84. The molecular formula is C26H22N4O4S. The molecule has 2 atom stereocenters. The van der Waals surface area contributed by atoms with Crippen molar-refractivity contribution < 1.29 is 14.1 Å². The highest BCUT2D eigenvalue weighted by Crippen LogP contribution is 2.42. The Kier molecular flexibility index (Phi) is 6.15. The van der Waals surface area contributed by atoms with Crippen LogP contribution < -0.4 is 10.1 Å². The van der Waals surface area contributed by atoms with E-state index >= 15 is 0 Å². The van der Waals surface area contributed by atoms with Crippen LogP contribution in [-0.4, -0.2) is 27.0 Å². The van der Waals surface area contributed by atoms with Crippen molar-refractivity contribution >= 4 is 23.0 Å². The minimum Gasteiger partial charge on any atom is -0.497 e. The van der Waals surface area contributed by atoms with Crippen LogP contribution in [0.1, 0.15) is 29.1 Å². The van der Waals surface area contributed by atoms with Crippen molar-refractivity contribution in [1.82, 2.24) is 15.2 Å². The molecule has 0 aliphatic carbocycles. The molecule has 35 heavy (non-hydrogen) atoms. The highest BCUT2D eigenvalue weighted by molar-refractivity contribution is 7.80. The number of rotatable bonds is 7. The number of nitrogens with one attached hydrogen (secondary N) is 1. The van der Waals surface area contributed by atoms with Crippen LogP contribution >= 0.6 is 12.2 Å². The number of methoxy groups -OCH3 is 1. The monoisotopic (exact) mass is 486 g/mol. The van der Waals surface area contributed by atoms with E-state index in [4.69, 9.17) is 21.4 Å². The molecule has 0 spiro atoms. The molecule has 9 heteroatoms. The second-order valence-electron chi connectivity index (χ2n) is 8.08. The van der Waals surface area contributed by atoms with Gasteiger partial charge in [0.15, 0.2) is 5.11 Å². The maximum absolute atomic E-state index is 11.6. The van der Waals surface area contributed by atoms with Crippen molar-refractivity contribution in [1.29, 1.82) is 0 Å². The first-order valence-electron chi connectivity index (χ1n) is 11.0. The standard InChI is InChI=1S/C26H22N4O4S/c1-33-18-11-9-17(10-12-18)16-29-25(24(28-26(29)35)20-7-4-5-15-27-20)23-14-13-22(34-23)19-6-2-3-8-21(19)30(31)32/h2-15,24-25H,16H2,1H3,(H,28,35)/t24-,25+/m0/s1. The van der Waals surface area contributed by atoms with E-state index in [0.717, 1.165) is 17.0 Å². The number of pyridine rings is 1. The Balaban J connectivity index is 1.54. The number of para-hydroxylation sites is 1. The fourth-order valence-corrected chi connectivity index (χ4v) is 4.62. The summed E-state index contributed by atoms with van der Waals surface area (Å²) in [4.78, 5) is 17.7. The van der Waals surface area contributed by atoms with Crippen LogP contribution in [0.15, 0.2) is 89.5 Å². The lowest BCUT2D eigenvalue weighted by Gasteiger charge is -2.26. The van der Waals surface area contributed by atoms with Gasteiger partial charge in [-0.1, -0.05) is 30.3 Å². The SMILES string of the molecule is COc1ccc(CN2C(=S)N[C@@H](c3ccccn3)[C@H]2c2ccc(-c3ccccc3[N+](=O)[O-])o2)cc1. The predicted octanol–water partition coefficient (Wildman–Crippen LogP) is 5.43. The minimum absolute atomic E-state index is 0.00941. The lowest BCUT2D eigenvalue weighted by Crippen LogP contribution is -2.29. The van der Waals surface area contributed by atoms with Crippen molar-refractivity contribution in [2.75, 3.05) is 7.11 Å². The maximum atomic E-state index is 11.6. The first-order valence-corrected chi connectivity index (χ1v) is 11.4. The van der Waals surface area contributed by atoms with Gasteiger partial charge in [-0.25, -0.2) is 0 Å². The second kappa shape index (κ2) is 9.55. The molecule has 2 aromatic carbocycles. The highest BCUT2D eigenvalue weighted by Gasteiger charge is 2.41. The summed E-state index contributed by atoms with van der Waals surface area (Å²) in [5.41, 5.74) is 2.28. The third kappa shape index (κ3) is 4.45. The minimum atomic E-state index is -0.406. The molecule has 1 saturated heterocycles. The third-order valence-corrected chi connectivity index (χ3v) is 6.35. The zero-order valence-corrected chi connectivity index (χ0v) is 19.6. The van der Waals surface area contributed by atoms with Gasteiger partial charge in [-0.05, 0) is 60.2 Å². The van der Waals surface area contributed by atoms with Gasteiger partial charge in [0.2, 0.25) is 0 Å². The Morgan fingerprint density at radius 3 is 2.57 bits per heavy atom. The van der Waals surface area contributed by atoms with Crippen molar-refractivity contribution in [2.45, 2.75) is 18.6 Å². The molecule has 0 radical (unpaired) electrons. The number of ether oxygens (including phenoxy) is 1. The number of furan rings is 1. The van der Waals surface area contributed by atoms with Crippen molar-refractivity contribution in [3.63, 3.8) is 0 Å². The van der Waals surface area contributed by atoms with E-state index in [0.29, 0.717) is 28.7 Å². The summed E-state index contributed by atoms with van der Waals surface area (Å²) in [5, 5.41) is 15.5. The molecule has 1 N–H and O–H groups in total. The van der Waals surface area contributed by atoms with Gasteiger partial charge in [0, 0.05) is 18.8 Å². The van der Waals surface area contributed by atoms with Gasteiger partial charge >= 0.3 is 0 Å². The molecule has 0 bridgehead atoms. The van der Waals surface area contributed by atoms with E-state index in [1.54, 1.807) is 37.6 Å². The summed E-state index contributed by atoms with van der Waals surface area (Å²) >= 11 is 5.73. The number of nitro benzene ring substituents is 1. The molecule has 5 rings (SSSR count). The number of aromatic nitrogens is 1. The molecule has 2 aromatic heterocycles. The van der Waals surface area contributed by atoms with Crippen molar-refractivity contribution in [3.05, 3.63) is 112 Å². The zero-order valence-electron chi connectivity index (χ0n) is 18.8. The first kappa shape index (κ1) is 22.5. The fourth-order valence-electron chi connectivity index (χ4n) is 4.31. The Bertz CT molecular complexity index is 1360. The van der Waals surface area contributed by atoms with Crippen LogP contribution in [0.25, 0.3) is 11.3 Å². The van der Waals surface area contributed by atoms with E-state index in [-0.39, 0.29) is 17.8 Å². The molecule has 176 valence electrons. The normalized spacial score (nSPS) is 17.3. The van der Waals surface area contributed by atoms with Crippen LogP contribution in [0.2, 0.25) is 0 Å². The first-order chi connectivity index (χ1) is 17.0. The van der Waals surface area contributed by atoms with E-state index in [1.807, 2.05) is 48.5 Å². The van der Waals surface area contributed by atoms with Gasteiger partial charge < -0.3 is 19.4 Å². The highest BCUT2D eigenvalue weighted by atomic mass is 32.1. The van der Waals surface area contributed by atoms with E-state index in [1.165, 1.54) is 6.07 Å². The van der Waals surface area contributed by atoms with Crippen molar-refractivity contribution in [3.8, 4) is 17.1 Å². The molecule has 3 heterocycles. The molecular weight excluding hydrogens is 464 g/mol. The lowest BCUT2D eigenvalue weighted by atomic mass is 10.0. The average Bonchev–Trinajstić information content (AvgIpc) is 3.50.